The number of fused-ring (bicyclic) bond motifs is 1. The van der Waals surface area contributed by atoms with Crippen molar-refractivity contribution in [1.82, 2.24) is 0 Å². The van der Waals surface area contributed by atoms with Gasteiger partial charge in [-0.15, -0.1) is 12.6 Å². The summed E-state index contributed by atoms with van der Waals surface area (Å²) in [6.45, 7) is 3.50. The number of thiol groups is 1. The van der Waals surface area contributed by atoms with Crippen LogP contribution in [0.25, 0.3) is 10.8 Å². The van der Waals surface area contributed by atoms with Gasteiger partial charge in [-0.3, -0.25) is 4.99 Å². The Morgan fingerprint density at radius 2 is 1.85 bits per heavy atom. The Kier molecular flexibility index (Phi) is 2.07. The molecule has 0 aliphatic carbocycles. The topological polar surface area (TPSA) is 12.4 Å². The highest BCUT2D eigenvalue weighted by Crippen LogP contribution is 2.30. The molecule has 2 heteroatoms. The average molecular weight is 187 g/mol. The zero-order valence-electron chi connectivity index (χ0n) is 7.07. The van der Waals surface area contributed by atoms with Gasteiger partial charge in [0.25, 0.3) is 0 Å². The largest absolute Gasteiger partial charge is 0.263 e. The van der Waals surface area contributed by atoms with E-state index in [-0.39, 0.29) is 0 Å². The first kappa shape index (κ1) is 8.32. The molecule has 0 aliphatic rings. The van der Waals surface area contributed by atoms with E-state index in [0.717, 1.165) is 16.0 Å². The molecule has 0 spiro atoms. The van der Waals surface area contributed by atoms with E-state index in [2.05, 4.69) is 30.4 Å². The number of nitrogens with zero attached hydrogens (tertiary/aromatic N) is 1. The fourth-order valence-corrected chi connectivity index (χ4v) is 1.72. The van der Waals surface area contributed by atoms with Crippen LogP contribution in [0.15, 0.2) is 46.3 Å². The third-order valence-corrected chi connectivity index (χ3v) is 2.52. The van der Waals surface area contributed by atoms with E-state index in [1.165, 1.54) is 5.39 Å². The van der Waals surface area contributed by atoms with E-state index < -0.39 is 0 Å². The summed E-state index contributed by atoms with van der Waals surface area (Å²) >= 11 is 4.41. The van der Waals surface area contributed by atoms with Crippen molar-refractivity contribution < 1.29 is 0 Å². The van der Waals surface area contributed by atoms with Crippen molar-refractivity contribution in [2.24, 2.45) is 4.99 Å². The predicted molar refractivity (Wildman–Crippen MR) is 60.4 cm³/mol. The van der Waals surface area contributed by atoms with Crippen LogP contribution in [0.5, 0.6) is 0 Å². The first-order valence-corrected chi connectivity index (χ1v) is 4.45. The maximum atomic E-state index is 4.41. The molecule has 0 aromatic heterocycles. The van der Waals surface area contributed by atoms with Crippen LogP contribution in [0.1, 0.15) is 0 Å². The number of hydrogen-bond donors (Lipinski definition) is 1. The first-order chi connectivity index (χ1) is 6.33. The molecular formula is C11H9NS. The molecule has 2 aromatic carbocycles. The highest BCUT2D eigenvalue weighted by Gasteiger charge is 2.00. The molecule has 2 aromatic rings. The molecule has 0 bridgehead atoms. The molecule has 0 unspecified atom stereocenters. The smallest absolute Gasteiger partial charge is 0.0762 e. The van der Waals surface area contributed by atoms with E-state index in [1.54, 1.807) is 0 Å². The quantitative estimate of drug-likeness (QED) is 0.518. The summed E-state index contributed by atoms with van der Waals surface area (Å²) in [7, 11) is 0. The fraction of sp³-hybridized carbons (Fsp3) is 0. The molecule has 1 nitrogen and oxygen atoms in total. The Labute approximate surface area is 82.5 Å². The Bertz CT molecular complexity index is 463. The molecule has 0 heterocycles. The van der Waals surface area contributed by atoms with E-state index in [9.17, 15) is 0 Å². The molecule has 0 fully saturated rings. The molecule has 0 saturated heterocycles. The second kappa shape index (κ2) is 3.23. The Hall–Kier alpha value is -1.28. The number of aliphatic imine (C=N–C) groups is 1. The third kappa shape index (κ3) is 1.33. The molecule has 0 atom stereocenters. The Morgan fingerprint density at radius 1 is 1.08 bits per heavy atom. The van der Waals surface area contributed by atoms with Gasteiger partial charge in [-0.05, 0) is 23.6 Å². The summed E-state index contributed by atoms with van der Waals surface area (Å²) in [5.41, 5.74) is 0.835. The normalized spacial score (nSPS) is 10.2. The van der Waals surface area contributed by atoms with Crippen LogP contribution in [-0.2, 0) is 0 Å². The average Bonchev–Trinajstić information content (AvgIpc) is 2.19. The summed E-state index contributed by atoms with van der Waals surface area (Å²) < 4.78 is 0. The van der Waals surface area contributed by atoms with Crippen molar-refractivity contribution in [2.45, 2.75) is 4.90 Å². The van der Waals surface area contributed by atoms with Crippen molar-refractivity contribution in [3.05, 3.63) is 36.4 Å². The van der Waals surface area contributed by atoms with Gasteiger partial charge in [-0.25, -0.2) is 0 Å². The van der Waals surface area contributed by atoms with Crippen LogP contribution in [0.3, 0.4) is 0 Å². The molecule has 0 aliphatic heterocycles. The monoisotopic (exact) mass is 187 g/mol. The highest BCUT2D eigenvalue weighted by molar-refractivity contribution is 7.80. The van der Waals surface area contributed by atoms with Gasteiger partial charge in [-0.2, -0.15) is 0 Å². The van der Waals surface area contributed by atoms with Crippen molar-refractivity contribution in [3.63, 3.8) is 0 Å². The van der Waals surface area contributed by atoms with Gasteiger partial charge in [0.2, 0.25) is 0 Å². The first-order valence-electron chi connectivity index (χ1n) is 4.00. The lowest BCUT2D eigenvalue weighted by Crippen LogP contribution is -1.75. The van der Waals surface area contributed by atoms with Crippen molar-refractivity contribution in [2.75, 3.05) is 0 Å². The zero-order chi connectivity index (χ0) is 9.26. The van der Waals surface area contributed by atoms with Crippen molar-refractivity contribution in [1.29, 1.82) is 0 Å². The van der Waals surface area contributed by atoms with Gasteiger partial charge >= 0.3 is 0 Å². The SMILES string of the molecule is C=Nc1ccc2ccccc2c1S. The molecule has 0 radical (unpaired) electrons. The summed E-state index contributed by atoms with van der Waals surface area (Å²) in [6.07, 6.45) is 0. The molecule has 13 heavy (non-hydrogen) atoms. The standard InChI is InChI=1S/C11H9NS/c1-12-10-7-6-8-4-2-3-5-9(8)11(10)13/h2-7,13H,1H2. The number of benzene rings is 2. The second-order valence-corrected chi connectivity index (χ2v) is 3.26. The summed E-state index contributed by atoms with van der Waals surface area (Å²) in [6, 6.07) is 12.1. The molecular weight excluding hydrogens is 178 g/mol. The van der Waals surface area contributed by atoms with Crippen LogP contribution in [0.2, 0.25) is 0 Å². The minimum atomic E-state index is 0.835. The second-order valence-electron chi connectivity index (χ2n) is 2.81. The number of hydrogen-bond acceptors (Lipinski definition) is 2. The van der Waals surface area contributed by atoms with Crippen LogP contribution in [-0.4, -0.2) is 6.72 Å². The van der Waals surface area contributed by atoms with Gasteiger partial charge in [0.05, 0.1) is 5.69 Å². The maximum Gasteiger partial charge on any atom is 0.0762 e. The van der Waals surface area contributed by atoms with Gasteiger partial charge < -0.3 is 0 Å². The highest BCUT2D eigenvalue weighted by atomic mass is 32.1. The number of rotatable bonds is 1. The molecule has 0 N–H and O–H groups in total. The van der Waals surface area contributed by atoms with Crippen LogP contribution < -0.4 is 0 Å². The zero-order valence-corrected chi connectivity index (χ0v) is 7.96. The lowest BCUT2D eigenvalue weighted by molar-refractivity contribution is 1.45. The van der Waals surface area contributed by atoms with E-state index >= 15 is 0 Å². The van der Waals surface area contributed by atoms with Gasteiger partial charge in [-0.1, -0.05) is 30.3 Å². The lowest BCUT2D eigenvalue weighted by atomic mass is 10.1. The van der Waals surface area contributed by atoms with Crippen LogP contribution in [0, 0.1) is 0 Å². The van der Waals surface area contributed by atoms with Crippen molar-refractivity contribution in [3.8, 4) is 0 Å². The fourth-order valence-electron chi connectivity index (χ4n) is 1.37. The molecule has 0 saturated carbocycles. The van der Waals surface area contributed by atoms with Crippen molar-refractivity contribution >= 4 is 35.8 Å². The summed E-state index contributed by atoms with van der Waals surface area (Å²) in [5.74, 6) is 0. The van der Waals surface area contributed by atoms with E-state index in [1.807, 2.05) is 30.3 Å². The minimum Gasteiger partial charge on any atom is -0.263 e. The molecule has 0 amide bonds. The van der Waals surface area contributed by atoms with E-state index in [4.69, 9.17) is 0 Å². The van der Waals surface area contributed by atoms with Gasteiger partial charge in [0.1, 0.15) is 0 Å². The minimum absolute atomic E-state index is 0.835. The summed E-state index contributed by atoms with van der Waals surface area (Å²) in [5, 5.41) is 2.30. The lowest BCUT2D eigenvalue weighted by Gasteiger charge is -2.03. The van der Waals surface area contributed by atoms with Crippen LogP contribution >= 0.6 is 12.6 Å². The molecule has 2 rings (SSSR count). The third-order valence-electron chi connectivity index (χ3n) is 2.05. The molecule has 64 valence electrons. The predicted octanol–water partition coefficient (Wildman–Crippen LogP) is 3.46. The maximum absolute atomic E-state index is 4.41. The Morgan fingerprint density at radius 3 is 2.62 bits per heavy atom. The summed E-state index contributed by atoms with van der Waals surface area (Å²) in [4.78, 5) is 4.79. The Balaban J connectivity index is 2.86. The van der Waals surface area contributed by atoms with Crippen LogP contribution in [0.4, 0.5) is 5.69 Å². The van der Waals surface area contributed by atoms with Gasteiger partial charge in [0, 0.05) is 4.90 Å². The van der Waals surface area contributed by atoms with E-state index in [0.29, 0.717) is 0 Å². The van der Waals surface area contributed by atoms with Gasteiger partial charge in [0.15, 0.2) is 0 Å².